The standard InChI is InChI=1S/C13H13BrN2O3/c1-19-13-7(3-2-4-8(13)14)5-6-16-10-9(15)11(17)12(10)18/h2-4,16H,5-6,15H2,1H3. The molecule has 2 rings (SSSR count). The van der Waals surface area contributed by atoms with Crippen LogP contribution in [-0.2, 0) is 6.42 Å². The Labute approximate surface area is 118 Å². The number of halogens is 1. The molecule has 2 aromatic rings. The van der Waals surface area contributed by atoms with Gasteiger partial charge in [-0.05, 0) is 34.0 Å². The van der Waals surface area contributed by atoms with Crippen molar-refractivity contribution in [3.63, 3.8) is 0 Å². The van der Waals surface area contributed by atoms with Gasteiger partial charge in [0.15, 0.2) is 0 Å². The Kier molecular flexibility index (Phi) is 3.90. The highest BCUT2D eigenvalue weighted by Gasteiger charge is 2.17. The molecule has 0 aliphatic rings. The van der Waals surface area contributed by atoms with Crippen LogP contribution in [0.15, 0.2) is 32.3 Å². The van der Waals surface area contributed by atoms with Crippen molar-refractivity contribution in [2.75, 3.05) is 24.7 Å². The zero-order valence-corrected chi connectivity index (χ0v) is 11.9. The number of benzene rings is 1. The SMILES string of the molecule is COc1c(Br)cccc1CCNc1c(N)c(=O)c1=O. The fourth-order valence-electron chi connectivity index (χ4n) is 1.89. The lowest BCUT2D eigenvalue weighted by molar-refractivity contribution is 0.407. The van der Waals surface area contributed by atoms with E-state index in [1.807, 2.05) is 18.2 Å². The molecular formula is C13H13BrN2O3. The molecule has 19 heavy (non-hydrogen) atoms. The Hall–Kier alpha value is -1.82. The first-order valence-corrected chi connectivity index (χ1v) is 6.49. The largest absolute Gasteiger partial charge is 0.495 e. The van der Waals surface area contributed by atoms with E-state index in [1.54, 1.807) is 7.11 Å². The van der Waals surface area contributed by atoms with Crippen LogP contribution in [-0.4, -0.2) is 13.7 Å². The highest BCUT2D eigenvalue weighted by molar-refractivity contribution is 9.10. The van der Waals surface area contributed by atoms with Crippen LogP contribution >= 0.6 is 15.9 Å². The maximum Gasteiger partial charge on any atom is 0.253 e. The maximum absolute atomic E-state index is 11.2. The van der Waals surface area contributed by atoms with Crippen LogP contribution in [0, 0.1) is 0 Å². The molecular weight excluding hydrogens is 312 g/mol. The minimum absolute atomic E-state index is 0.0196. The van der Waals surface area contributed by atoms with Crippen molar-refractivity contribution in [3.8, 4) is 5.75 Å². The molecule has 6 heteroatoms. The molecule has 5 nitrogen and oxygen atoms in total. The quantitative estimate of drug-likeness (QED) is 0.810. The van der Waals surface area contributed by atoms with Crippen LogP contribution in [0.1, 0.15) is 5.56 Å². The predicted molar refractivity (Wildman–Crippen MR) is 78.7 cm³/mol. The second-order valence-corrected chi connectivity index (χ2v) is 4.91. The fourth-order valence-corrected chi connectivity index (χ4v) is 2.45. The van der Waals surface area contributed by atoms with Gasteiger partial charge in [0.25, 0.3) is 10.9 Å². The number of nitrogen functional groups attached to an aromatic ring is 1. The van der Waals surface area contributed by atoms with E-state index >= 15 is 0 Å². The Morgan fingerprint density at radius 3 is 2.68 bits per heavy atom. The van der Waals surface area contributed by atoms with Gasteiger partial charge >= 0.3 is 0 Å². The van der Waals surface area contributed by atoms with E-state index in [1.165, 1.54) is 0 Å². The van der Waals surface area contributed by atoms with Gasteiger partial charge in [0.05, 0.1) is 11.6 Å². The highest BCUT2D eigenvalue weighted by Crippen LogP contribution is 2.28. The highest BCUT2D eigenvalue weighted by atomic mass is 79.9. The van der Waals surface area contributed by atoms with Crippen LogP contribution in [0.25, 0.3) is 0 Å². The van der Waals surface area contributed by atoms with Crippen LogP contribution in [0.2, 0.25) is 0 Å². The number of anilines is 2. The second kappa shape index (κ2) is 5.44. The van der Waals surface area contributed by atoms with Gasteiger partial charge in [0, 0.05) is 6.54 Å². The monoisotopic (exact) mass is 324 g/mol. The van der Waals surface area contributed by atoms with Crippen LogP contribution in [0.3, 0.4) is 0 Å². The molecule has 2 aromatic carbocycles. The van der Waals surface area contributed by atoms with E-state index in [-0.39, 0.29) is 11.4 Å². The van der Waals surface area contributed by atoms with E-state index in [4.69, 9.17) is 10.5 Å². The molecule has 0 aliphatic carbocycles. The molecule has 0 fully saturated rings. The normalized spacial score (nSPS) is 10.6. The van der Waals surface area contributed by atoms with Crippen molar-refractivity contribution in [2.45, 2.75) is 6.42 Å². The molecule has 0 radical (unpaired) electrons. The summed E-state index contributed by atoms with van der Waals surface area (Å²) in [7, 11) is 1.60. The van der Waals surface area contributed by atoms with Crippen LogP contribution in [0.5, 0.6) is 5.75 Å². The average molecular weight is 325 g/mol. The summed E-state index contributed by atoms with van der Waals surface area (Å²) in [5.41, 5.74) is 5.52. The van der Waals surface area contributed by atoms with Gasteiger partial charge in [0.1, 0.15) is 17.1 Å². The number of ether oxygens (including phenoxy) is 1. The van der Waals surface area contributed by atoms with Gasteiger partial charge in [-0.3, -0.25) is 9.59 Å². The number of nitrogens with one attached hydrogen (secondary N) is 1. The Morgan fingerprint density at radius 1 is 1.32 bits per heavy atom. The molecule has 0 spiro atoms. The van der Waals surface area contributed by atoms with E-state index in [0.29, 0.717) is 13.0 Å². The molecule has 0 unspecified atom stereocenters. The minimum Gasteiger partial charge on any atom is -0.495 e. The van der Waals surface area contributed by atoms with Crippen molar-refractivity contribution in [1.82, 2.24) is 0 Å². The zero-order valence-electron chi connectivity index (χ0n) is 10.3. The molecule has 0 amide bonds. The summed E-state index contributed by atoms with van der Waals surface area (Å²) in [5.74, 6) is 0.766. The number of hydrogen-bond acceptors (Lipinski definition) is 5. The van der Waals surface area contributed by atoms with E-state index < -0.39 is 10.9 Å². The average Bonchev–Trinajstić information content (AvgIpc) is 2.42. The molecule has 0 heterocycles. The number of nitrogens with two attached hydrogens (primary N) is 1. The lowest BCUT2D eigenvalue weighted by atomic mass is 10.1. The third kappa shape index (κ3) is 2.49. The summed E-state index contributed by atoms with van der Waals surface area (Å²) in [6.07, 6.45) is 0.654. The summed E-state index contributed by atoms with van der Waals surface area (Å²) in [4.78, 5) is 22.2. The number of hydrogen-bond donors (Lipinski definition) is 2. The first-order chi connectivity index (χ1) is 9.06. The predicted octanol–water partition coefficient (Wildman–Crippen LogP) is 1.29. The van der Waals surface area contributed by atoms with Crippen molar-refractivity contribution in [2.24, 2.45) is 0 Å². The van der Waals surface area contributed by atoms with Gasteiger partial charge in [-0.1, -0.05) is 12.1 Å². The zero-order chi connectivity index (χ0) is 14.0. The molecule has 0 atom stereocenters. The summed E-state index contributed by atoms with van der Waals surface area (Å²) in [5, 5.41) is 2.88. The molecule has 0 aliphatic heterocycles. The van der Waals surface area contributed by atoms with Crippen molar-refractivity contribution < 1.29 is 4.74 Å². The van der Waals surface area contributed by atoms with Crippen LogP contribution < -0.4 is 26.6 Å². The smallest absolute Gasteiger partial charge is 0.253 e. The maximum atomic E-state index is 11.2. The molecule has 0 saturated heterocycles. The summed E-state index contributed by atoms with van der Waals surface area (Å²) in [6, 6.07) is 5.74. The third-order valence-corrected chi connectivity index (χ3v) is 3.52. The Balaban J connectivity index is 2.03. The van der Waals surface area contributed by atoms with Gasteiger partial charge < -0.3 is 15.8 Å². The molecule has 0 aromatic heterocycles. The first-order valence-electron chi connectivity index (χ1n) is 5.70. The van der Waals surface area contributed by atoms with E-state index in [9.17, 15) is 9.59 Å². The minimum atomic E-state index is -0.609. The van der Waals surface area contributed by atoms with E-state index in [2.05, 4.69) is 21.2 Å². The Bertz CT molecular complexity index is 675. The number of para-hydroxylation sites is 1. The van der Waals surface area contributed by atoms with Crippen molar-refractivity contribution in [1.29, 1.82) is 0 Å². The number of rotatable bonds is 5. The van der Waals surface area contributed by atoms with Gasteiger partial charge in [0.2, 0.25) is 0 Å². The van der Waals surface area contributed by atoms with Crippen LogP contribution in [0.4, 0.5) is 11.4 Å². The third-order valence-electron chi connectivity index (χ3n) is 2.90. The fraction of sp³-hybridized carbons (Fsp3) is 0.231. The Morgan fingerprint density at radius 2 is 2.05 bits per heavy atom. The summed E-state index contributed by atoms with van der Waals surface area (Å²) in [6.45, 7) is 0.502. The van der Waals surface area contributed by atoms with Crippen molar-refractivity contribution in [3.05, 3.63) is 48.7 Å². The molecule has 0 bridgehead atoms. The lowest BCUT2D eigenvalue weighted by Crippen LogP contribution is -2.37. The first kappa shape index (κ1) is 13.6. The molecule has 0 saturated carbocycles. The van der Waals surface area contributed by atoms with E-state index in [0.717, 1.165) is 15.8 Å². The second-order valence-electron chi connectivity index (χ2n) is 4.06. The summed E-state index contributed by atoms with van der Waals surface area (Å²) < 4.78 is 6.18. The molecule has 3 N–H and O–H groups in total. The summed E-state index contributed by atoms with van der Waals surface area (Å²) >= 11 is 3.41. The topological polar surface area (TPSA) is 81.4 Å². The van der Waals surface area contributed by atoms with Crippen molar-refractivity contribution >= 4 is 27.3 Å². The lowest BCUT2D eigenvalue weighted by Gasteiger charge is -2.12. The van der Waals surface area contributed by atoms with Gasteiger partial charge in [-0.2, -0.15) is 0 Å². The van der Waals surface area contributed by atoms with Gasteiger partial charge in [-0.25, -0.2) is 0 Å². The van der Waals surface area contributed by atoms with Gasteiger partial charge in [-0.15, -0.1) is 0 Å². The number of methoxy groups -OCH3 is 1. The molecule has 100 valence electrons.